The molecule has 0 bridgehead atoms. The average molecular weight is 369 g/mol. The first-order valence-corrected chi connectivity index (χ1v) is 9.73. The smallest absolute Gasteiger partial charge is 0.267 e. The highest BCUT2D eigenvalue weighted by Gasteiger charge is 2.11. The van der Waals surface area contributed by atoms with E-state index in [2.05, 4.69) is 10.5 Å². The van der Waals surface area contributed by atoms with E-state index in [-0.39, 0.29) is 5.91 Å². The Morgan fingerprint density at radius 1 is 0.875 bits per heavy atom. The zero-order valence-corrected chi connectivity index (χ0v) is 15.6. The van der Waals surface area contributed by atoms with Crippen LogP contribution in [-0.4, -0.2) is 11.6 Å². The molecule has 1 aromatic carbocycles. The molecule has 5 heteroatoms. The predicted octanol–water partition coefficient (Wildman–Crippen LogP) is 6.38. The second-order valence-electron chi connectivity index (χ2n) is 6.43. The van der Waals surface area contributed by atoms with E-state index in [1.807, 2.05) is 0 Å². The monoisotopic (exact) mass is 368 g/mol. The van der Waals surface area contributed by atoms with E-state index in [4.69, 9.17) is 23.2 Å². The average Bonchev–Trinajstić information content (AvgIpc) is 2.54. The molecule has 24 heavy (non-hydrogen) atoms. The largest absolute Gasteiger partial charge is 0.272 e. The lowest BCUT2D eigenvalue weighted by molar-refractivity contribution is 0.0955. The van der Waals surface area contributed by atoms with Gasteiger partial charge in [0.05, 0.1) is 10.6 Å². The van der Waals surface area contributed by atoms with E-state index in [1.54, 1.807) is 18.2 Å². The summed E-state index contributed by atoms with van der Waals surface area (Å²) in [6.07, 6.45) is 13.4. The molecule has 0 unspecified atom stereocenters. The minimum absolute atomic E-state index is 0.282. The van der Waals surface area contributed by atoms with Crippen molar-refractivity contribution in [3.63, 3.8) is 0 Å². The summed E-state index contributed by atoms with van der Waals surface area (Å²) in [6.45, 7) is 0. The maximum atomic E-state index is 12.3. The molecule has 1 aliphatic rings. The highest BCUT2D eigenvalue weighted by Crippen LogP contribution is 2.21. The molecular weight excluding hydrogens is 343 g/mol. The Morgan fingerprint density at radius 2 is 1.42 bits per heavy atom. The Morgan fingerprint density at radius 3 is 1.96 bits per heavy atom. The Balaban J connectivity index is 1.94. The molecule has 0 aliphatic heterocycles. The van der Waals surface area contributed by atoms with Crippen LogP contribution in [0.1, 0.15) is 81.0 Å². The zero-order chi connectivity index (χ0) is 17.2. The van der Waals surface area contributed by atoms with Gasteiger partial charge in [0.25, 0.3) is 5.91 Å². The summed E-state index contributed by atoms with van der Waals surface area (Å²) in [7, 11) is 0. The first-order chi connectivity index (χ1) is 11.7. The first-order valence-electron chi connectivity index (χ1n) is 8.97. The van der Waals surface area contributed by atoms with Gasteiger partial charge in [0, 0.05) is 10.7 Å². The van der Waals surface area contributed by atoms with Gasteiger partial charge in [-0.1, -0.05) is 68.1 Å². The summed E-state index contributed by atoms with van der Waals surface area (Å²) in [6, 6.07) is 4.85. The number of hydrogen-bond donors (Lipinski definition) is 1. The highest BCUT2D eigenvalue weighted by atomic mass is 35.5. The fourth-order valence-corrected chi connectivity index (χ4v) is 3.49. The standard InChI is InChI=1S/C19H26Cl2N2O/c20-15-12-13-17(18(21)14-15)19(24)23-22-16-10-8-6-4-2-1-3-5-7-9-11-16/h12-14H,1-11H2,(H,23,24). The van der Waals surface area contributed by atoms with Gasteiger partial charge in [0.2, 0.25) is 0 Å². The van der Waals surface area contributed by atoms with Crippen LogP contribution in [0.2, 0.25) is 10.0 Å². The van der Waals surface area contributed by atoms with E-state index in [0.29, 0.717) is 15.6 Å². The number of nitrogens with zero attached hydrogens (tertiary/aromatic N) is 1. The number of hydrogen-bond acceptors (Lipinski definition) is 2. The third-order valence-corrected chi connectivity index (χ3v) is 4.97. The summed E-state index contributed by atoms with van der Waals surface area (Å²) < 4.78 is 0. The molecule has 0 spiro atoms. The second kappa shape index (κ2) is 10.7. The Kier molecular flexibility index (Phi) is 8.62. The SMILES string of the molecule is O=C(NN=C1CCCCCCCCCCC1)c1ccc(Cl)cc1Cl. The van der Waals surface area contributed by atoms with Gasteiger partial charge >= 0.3 is 0 Å². The molecule has 1 aliphatic carbocycles. The Hall–Kier alpha value is -1.06. The molecule has 3 nitrogen and oxygen atoms in total. The number of amides is 1. The van der Waals surface area contributed by atoms with Crippen molar-refractivity contribution in [2.75, 3.05) is 0 Å². The summed E-state index contributed by atoms with van der Waals surface area (Å²) in [5.41, 5.74) is 4.16. The van der Waals surface area contributed by atoms with Crippen molar-refractivity contribution in [2.45, 2.75) is 70.6 Å². The van der Waals surface area contributed by atoms with Crippen molar-refractivity contribution in [2.24, 2.45) is 5.10 Å². The van der Waals surface area contributed by atoms with E-state index in [9.17, 15) is 4.79 Å². The van der Waals surface area contributed by atoms with Crippen LogP contribution in [-0.2, 0) is 0 Å². The Bertz CT molecular complexity index is 558. The lowest BCUT2D eigenvalue weighted by Gasteiger charge is -2.10. The summed E-state index contributed by atoms with van der Waals surface area (Å²) in [5, 5.41) is 5.24. The minimum atomic E-state index is -0.282. The van der Waals surface area contributed by atoms with Crippen molar-refractivity contribution in [3.05, 3.63) is 33.8 Å². The third-order valence-electron chi connectivity index (χ3n) is 4.42. The topological polar surface area (TPSA) is 41.5 Å². The van der Waals surface area contributed by atoms with E-state index in [0.717, 1.165) is 31.4 Å². The lowest BCUT2D eigenvalue weighted by atomic mass is 10.00. The quantitative estimate of drug-likeness (QED) is 0.604. The number of hydrazone groups is 1. The Labute approximate surface area is 154 Å². The van der Waals surface area contributed by atoms with Crippen molar-refractivity contribution in [1.82, 2.24) is 5.43 Å². The minimum Gasteiger partial charge on any atom is -0.267 e. The van der Waals surface area contributed by atoms with Crippen molar-refractivity contribution in [1.29, 1.82) is 0 Å². The fourth-order valence-electron chi connectivity index (χ4n) is 3.00. The van der Waals surface area contributed by atoms with Gasteiger partial charge < -0.3 is 0 Å². The van der Waals surface area contributed by atoms with E-state index in [1.165, 1.54) is 44.9 Å². The van der Waals surface area contributed by atoms with Crippen LogP contribution in [0, 0.1) is 0 Å². The predicted molar refractivity (Wildman–Crippen MR) is 102 cm³/mol. The fraction of sp³-hybridized carbons (Fsp3) is 0.579. The summed E-state index contributed by atoms with van der Waals surface area (Å²) in [4.78, 5) is 12.3. The zero-order valence-electron chi connectivity index (χ0n) is 14.1. The second-order valence-corrected chi connectivity index (χ2v) is 7.27. The number of carbonyl (C=O) groups is 1. The molecule has 0 saturated heterocycles. The van der Waals surface area contributed by atoms with Crippen molar-refractivity contribution < 1.29 is 4.79 Å². The normalized spacial score (nSPS) is 17.5. The molecule has 1 saturated carbocycles. The van der Waals surface area contributed by atoms with Crippen LogP contribution in [0.3, 0.4) is 0 Å². The van der Waals surface area contributed by atoms with Gasteiger partial charge in [-0.25, -0.2) is 5.43 Å². The number of nitrogens with one attached hydrogen (secondary N) is 1. The highest BCUT2D eigenvalue weighted by molar-refractivity contribution is 6.36. The molecule has 1 aromatic rings. The molecule has 1 fully saturated rings. The molecular formula is C19H26Cl2N2O. The van der Waals surface area contributed by atoms with Crippen LogP contribution in [0.15, 0.2) is 23.3 Å². The maximum absolute atomic E-state index is 12.3. The maximum Gasteiger partial charge on any atom is 0.272 e. The molecule has 0 radical (unpaired) electrons. The van der Waals surface area contributed by atoms with Gasteiger partial charge in [-0.3, -0.25) is 4.79 Å². The number of rotatable bonds is 2. The van der Waals surface area contributed by atoms with Gasteiger partial charge in [0.15, 0.2) is 0 Å². The van der Waals surface area contributed by atoms with Crippen LogP contribution >= 0.6 is 23.2 Å². The van der Waals surface area contributed by atoms with Gasteiger partial charge in [0.1, 0.15) is 0 Å². The molecule has 2 rings (SSSR count). The van der Waals surface area contributed by atoms with Crippen LogP contribution < -0.4 is 5.43 Å². The van der Waals surface area contributed by atoms with Gasteiger partial charge in [-0.15, -0.1) is 0 Å². The van der Waals surface area contributed by atoms with Crippen LogP contribution in [0.5, 0.6) is 0 Å². The number of halogens is 2. The molecule has 0 heterocycles. The number of carbonyl (C=O) groups excluding carboxylic acids is 1. The summed E-state index contributed by atoms with van der Waals surface area (Å²) >= 11 is 11.9. The third kappa shape index (κ3) is 6.82. The van der Waals surface area contributed by atoms with Gasteiger partial charge in [-0.2, -0.15) is 5.10 Å². The van der Waals surface area contributed by atoms with E-state index < -0.39 is 0 Å². The lowest BCUT2D eigenvalue weighted by Crippen LogP contribution is -2.20. The van der Waals surface area contributed by atoms with Gasteiger partial charge in [-0.05, 0) is 43.9 Å². The van der Waals surface area contributed by atoms with Crippen LogP contribution in [0.25, 0.3) is 0 Å². The molecule has 0 aromatic heterocycles. The molecule has 132 valence electrons. The van der Waals surface area contributed by atoms with Crippen molar-refractivity contribution in [3.8, 4) is 0 Å². The first kappa shape index (κ1) is 19.3. The van der Waals surface area contributed by atoms with Crippen molar-refractivity contribution >= 4 is 34.8 Å². The number of benzene rings is 1. The molecule has 0 atom stereocenters. The molecule has 1 amide bonds. The summed E-state index contributed by atoms with van der Waals surface area (Å²) in [5.74, 6) is -0.282. The van der Waals surface area contributed by atoms with E-state index >= 15 is 0 Å². The molecule has 1 N–H and O–H groups in total. The van der Waals surface area contributed by atoms with Crippen LogP contribution in [0.4, 0.5) is 0 Å².